The van der Waals surface area contributed by atoms with Gasteiger partial charge in [0.2, 0.25) is 0 Å². The van der Waals surface area contributed by atoms with Crippen LogP contribution in [-0.2, 0) is 0 Å². The number of carbonyl (C=O) groups is 2. The number of hydrogen-bond acceptors (Lipinski definition) is 4. The number of ether oxygens (including phenoxy) is 1. The molecule has 148 valence electrons. The summed E-state index contributed by atoms with van der Waals surface area (Å²) < 4.78 is 8.20. The summed E-state index contributed by atoms with van der Waals surface area (Å²) in [5.41, 5.74) is 3.21. The van der Waals surface area contributed by atoms with Crippen molar-refractivity contribution in [3.63, 3.8) is 0 Å². The van der Waals surface area contributed by atoms with Crippen LogP contribution in [0, 0.1) is 0 Å². The van der Waals surface area contributed by atoms with E-state index in [0.29, 0.717) is 11.1 Å². The topological polar surface area (TPSA) is 46.6 Å². The van der Waals surface area contributed by atoms with Gasteiger partial charge in [-0.2, -0.15) is 0 Å². The minimum atomic E-state index is -0.187. The second-order valence-corrected chi connectivity index (χ2v) is 9.61. The average Bonchev–Trinajstić information content (AvgIpc) is 3.36. The number of fused-ring (bicyclic) bond motifs is 3. The molecule has 0 atom stereocenters. The first-order valence-corrected chi connectivity index (χ1v) is 11.6. The predicted molar refractivity (Wildman–Crippen MR) is 121 cm³/mol. The molecule has 1 aromatic heterocycles. The van der Waals surface area contributed by atoms with E-state index in [1.165, 1.54) is 0 Å². The van der Waals surface area contributed by atoms with E-state index in [9.17, 15) is 9.59 Å². The Kier molecular flexibility index (Phi) is 4.06. The zero-order valence-electron chi connectivity index (χ0n) is 16.2. The van der Waals surface area contributed by atoms with Crippen molar-refractivity contribution < 1.29 is 14.3 Å². The fourth-order valence-corrected chi connectivity index (χ4v) is 6.08. The Morgan fingerprint density at radius 3 is 1.84 bits per heavy atom. The van der Waals surface area contributed by atoms with Crippen LogP contribution >= 0.6 is 0 Å². The van der Waals surface area contributed by atoms with Gasteiger partial charge in [0.05, 0.1) is 0 Å². The summed E-state index contributed by atoms with van der Waals surface area (Å²) >= 11 is -0.0695. The first-order chi connectivity index (χ1) is 15.2. The normalized spacial score (nSPS) is 14.1. The van der Waals surface area contributed by atoms with Crippen molar-refractivity contribution in [1.29, 1.82) is 0 Å². The van der Waals surface area contributed by atoms with Crippen molar-refractivity contribution in [3.05, 3.63) is 106 Å². The molecule has 1 aliphatic carbocycles. The van der Waals surface area contributed by atoms with E-state index in [0.717, 1.165) is 31.9 Å². The summed E-state index contributed by atoms with van der Waals surface area (Å²) in [7, 11) is 0. The molecule has 2 heterocycles. The van der Waals surface area contributed by atoms with Gasteiger partial charge in [0.1, 0.15) is 0 Å². The molecule has 0 N–H and O–H groups in total. The van der Waals surface area contributed by atoms with Crippen molar-refractivity contribution in [2.24, 2.45) is 0 Å². The molecule has 31 heavy (non-hydrogen) atoms. The number of anilines is 3. The number of Topliss-reactive ketones (excluding diaryl/α,β-unsaturated/α-hetero) is 2. The first-order valence-electron chi connectivity index (χ1n) is 9.87. The molecule has 0 bridgehead atoms. The van der Waals surface area contributed by atoms with Gasteiger partial charge >= 0.3 is 185 Å². The van der Waals surface area contributed by atoms with Gasteiger partial charge in [-0.1, -0.05) is 0 Å². The number of ketones is 2. The molecule has 4 nitrogen and oxygen atoms in total. The summed E-state index contributed by atoms with van der Waals surface area (Å²) in [6, 6.07) is 27.0. The molecule has 1 aliphatic heterocycles. The Labute approximate surface area is 184 Å². The zero-order chi connectivity index (χ0) is 20.9. The van der Waals surface area contributed by atoms with Gasteiger partial charge in [0.25, 0.3) is 0 Å². The molecule has 0 fully saturated rings. The maximum absolute atomic E-state index is 12.8. The molecule has 0 radical (unpaired) electrons. The van der Waals surface area contributed by atoms with E-state index in [-0.39, 0.29) is 31.6 Å². The molecule has 0 saturated heterocycles. The monoisotopic (exact) mass is 469 g/mol. The maximum atomic E-state index is 12.8. The summed E-state index contributed by atoms with van der Waals surface area (Å²) in [4.78, 5) is 27.7. The second-order valence-electron chi connectivity index (χ2n) is 7.31. The standard InChI is InChI=1S/C26H15NO3Se/c28-25-17-7-1-2-8-18(17)26(29)19(25)15-16-13-14-24(31-16)27-20-9-3-5-11-22(20)30-23-12-6-4-10-21(23)27/h1-15H. The van der Waals surface area contributed by atoms with Crippen molar-refractivity contribution in [3.8, 4) is 11.5 Å². The Bertz CT molecular complexity index is 1330. The van der Waals surface area contributed by atoms with Crippen LogP contribution in [0.5, 0.6) is 11.5 Å². The van der Waals surface area contributed by atoms with E-state index < -0.39 is 0 Å². The van der Waals surface area contributed by atoms with Crippen molar-refractivity contribution >= 4 is 48.1 Å². The van der Waals surface area contributed by atoms with Gasteiger partial charge in [-0.15, -0.1) is 0 Å². The quantitative estimate of drug-likeness (QED) is 0.187. The van der Waals surface area contributed by atoms with Crippen LogP contribution in [0.3, 0.4) is 0 Å². The van der Waals surface area contributed by atoms with Gasteiger partial charge in [0, 0.05) is 0 Å². The Morgan fingerprint density at radius 2 is 1.23 bits per heavy atom. The fourth-order valence-electron chi connectivity index (χ4n) is 4.03. The number of carbonyl (C=O) groups excluding carboxylic acids is 2. The summed E-state index contributed by atoms with van der Waals surface area (Å²) in [6.45, 7) is 0. The van der Waals surface area contributed by atoms with Crippen molar-refractivity contribution in [1.82, 2.24) is 0 Å². The number of nitrogens with zero attached hydrogens (tertiary/aromatic N) is 1. The number of benzene rings is 3. The Balaban J connectivity index is 1.43. The third-order valence-electron chi connectivity index (χ3n) is 5.46. The summed E-state index contributed by atoms with van der Waals surface area (Å²) in [5, 5.41) is 0. The summed E-state index contributed by atoms with van der Waals surface area (Å²) in [5.74, 6) is 1.24. The van der Waals surface area contributed by atoms with E-state index >= 15 is 0 Å². The molecule has 4 aromatic rings. The molecule has 0 amide bonds. The van der Waals surface area contributed by atoms with Crippen molar-refractivity contribution in [2.45, 2.75) is 0 Å². The number of hydrogen-bond donors (Lipinski definition) is 0. The molecule has 0 saturated carbocycles. The molecule has 3 aromatic carbocycles. The first kappa shape index (κ1) is 18.1. The minimum absolute atomic E-state index is 0.0695. The SMILES string of the molecule is O=C1C(=Cc2ccc(N3c4ccccc4Oc4ccccc43)[se]2)C(=O)c2ccccc21. The van der Waals surface area contributed by atoms with Gasteiger partial charge < -0.3 is 0 Å². The Hall–Kier alpha value is -3.66. The van der Waals surface area contributed by atoms with E-state index in [2.05, 4.69) is 11.0 Å². The molecular weight excluding hydrogens is 453 g/mol. The van der Waals surface area contributed by atoms with Gasteiger partial charge in [-0.05, 0) is 0 Å². The van der Waals surface area contributed by atoms with Crippen molar-refractivity contribution in [2.75, 3.05) is 4.90 Å². The third-order valence-corrected chi connectivity index (χ3v) is 7.59. The number of rotatable bonds is 2. The van der Waals surface area contributed by atoms with Crippen LogP contribution in [0.15, 0.2) is 90.5 Å². The zero-order valence-corrected chi connectivity index (χ0v) is 18.0. The third kappa shape index (κ3) is 2.82. The van der Waals surface area contributed by atoms with E-state index in [4.69, 9.17) is 4.74 Å². The van der Waals surface area contributed by atoms with Gasteiger partial charge in [-0.25, -0.2) is 0 Å². The predicted octanol–water partition coefficient (Wildman–Crippen LogP) is 5.78. The molecular formula is C26H15NO3Se. The van der Waals surface area contributed by atoms with E-state index in [1.54, 1.807) is 30.3 Å². The van der Waals surface area contributed by atoms with Crippen LogP contribution in [0.4, 0.5) is 15.9 Å². The van der Waals surface area contributed by atoms with Crippen LogP contribution in [0.1, 0.15) is 25.2 Å². The molecule has 2 aliphatic rings. The average molecular weight is 468 g/mol. The summed E-state index contributed by atoms with van der Waals surface area (Å²) in [6.07, 6.45) is 1.77. The molecule has 6 rings (SSSR count). The van der Waals surface area contributed by atoms with Crippen LogP contribution < -0.4 is 9.64 Å². The molecule has 5 heteroatoms. The molecule has 0 spiro atoms. The van der Waals surface area contributed by atoms with Crippen LogP contribution in [0.2, 0.25) is 0 Å². The number of para-hydroxylation sites is 4. The van der Waals surface area contributed by atoms with E-state index in [1.807, 2.05) is 54.6 Å². The van der Waals surface area contributed by atoms with Gasteiger partial charge in [-0.3, -0.25) is 0 Å². The van der Waals surface area contributed by atoms with Crippen LogP contribution in [0.25, 0.3) is 6.08 Å². The fraction of sp³-hybridized carbons (Fsp3) is 0. The Morgan fingerprint density at radius 1 is 0.677 bits per heavy atom. The number of allylic oxidation sites excluding steroid dienone is 1. The molecule has 0 unspecified atom stereocenters. The van der Waals surface area contributed by atoms with Gasteiger partial charge in [0.15, 0.2) is 0 Å². The van der Waals surface area contributed by atoms with Crippen LogP contribution in [-0.4, -0.2) is 26.1 Å². The second kappa shape index (κ2) is 6.95.